The fourth-order valence-corrected chi connectivity index (χ4v) is 1.16. The molecule has 0 heterocycles. The number of nitrogens with two attached hydrogens (primary N) is 1. The van der Waals surface area contributed by atoms with Crippen LogP contribution in [0.25, 0.3) is 0 Å². The number of hydrogen-bond donors (Lipinski definition) is 2. The van der Waals surface area contributed by atoms with Crippen LogP contribution in [0.1, 0.15) is 12.0 Å². The first-order chi connectivity index (χ1) is 7.15. The lowest BCUT2D eigenvalue weighted by molar-refractivity contribution is -0.121. The van der Waals surface area contributed by atoms with E-state index in [1.165, 1.54) is 0 Å². The zero-order chi connectivity index (χ0) is 11.3. The van der Waals surface area contributed by atoms with E-state index >= 15 is 0 Å². The van der Waals surface area contributed by atoms with Crippen LogP contribution in [-0.2, 0) is 4.79 Å². The van der Waals surface area contributed by atoms with E-state index in [0.717, 1.165) is 5.56 Å². The van der Waals surface area contributed by atoms with Gasteiger partial charge in [0.2, 0.25) is 5.91 Å². The summed E-state index contributed by atoms with van der Waals surface area (Å²) in [6.45, 7) is 2.26. The molecule has 1 aromatic rings. The Balaban J connectivity index is 2.51. The number of ether oxygens (including phenoxy) is 1. The van der Waals surface area contributed by atoms with E-state index in [9.17, 15) is 4.79 Å². The Labute approximate surface area is 89.4 Å². The molecule has 0 bridgehead atoms. The van der Waals surface area contributed by atoms with Crippen molar-refractivity contribution in [1.82, 2.24) is 5.32 Å². The smallest absolute Gasteiger partial charge is 0.223 e. The first-order valence-corrected chi connectivity index (χ1v) is 4.83. The minimum atomic E-state index is -0.0405. The summed E-state index contributed by atoms with van der Waals surface area (Å²) < 4.78 is 5.40. The minimum Gasteiger partial charge on any atom is -0.491 e. The Morgan fingerprint density at radius 3 is 2.93 bits per heavy atom. The predicted molar refractivity (Wildman–Crippen MR) is 59.8 cm³/mol. The van der Waals surface area contributed by atoms with Crippen molar-refractivity contribution in [1.29, 1.82) is 0 Å². The summed E-state index contributed by atoms with van der Waals surface area (Å²) in [5.74, 6) is 0.597. The Morgan fingerprint density at radius 1 is 1.53 bits per heavy atom. The number of aryl methyl sites for hydroxylation is 1. The molecule has 1 aromatic carbocycles. The molecular weight excluding hydrogens is 192 g/mol. The van der Waals surface area contributed by atoms with Crippen LogP contribution in [0.5, 0.6) is 5.75 Å². The lowest BCUT2D eigenvalue weighted by atomic mass is 10.2. The zero-order valence-electron chi connectivity index (χ0n) is 9.04. The van der Waals surface area contributed by atoms with Gasteiger partial charge < -0.3 is 15.8 Å². The molecule has 15 heavy (non-hydrogen) atoms. The number of hydrogen-bond acceptors (Lipinski definition) is 3. The van der Waals surface area contributed by atoms with Gasteiger partial charge in [-0.2, -0.15) is 0 Å². The quantitative estimate of drug-likeness (QED) is 0.728. The zero-order valence-corrected chi connectivity index (χ0v) is 9.04. The molecule has 0 aromatic heterocycles. The second-order valence-electron chi connectivity index (χ2n) is 3.26. The largest absolute Gasteiger partial charge is 0.491 e. The van der Waals surface area contributed by atoms with Crippen LogP contribution in [0.15, 0.2) is 18.2 Å². The molecule has 0 aliphatic heterocycles. The summed E-state index contributed by atoms with van der Waals surface area (Å²) in [5, 5.41) is 2.53. The fraction of sp³-hybridized carbons (Fsp3) is 0.364. The molecule has 4 nitrogen and oxygen atoms in total. The maximum absolute atomic E-state index is 10.9. The van der Waals surface area contributed by atoms with Crippen LogP contribution < -0.4 is 15.8 Å². The number of nitrogens with one attached hydrogen (secondary N) is 1. The number of para-hydroxylation sites is 1. The minimum absolute atomic E-state index is 0.0405. The third kappa shape index (κ3) is 3.16. The summed E-state index contributed by atoms with van der Waals surface area (Å²) in [7, 11) is 1.60. The lowest BCUT2D eigenvalue weighted by Gasteiger charge is -2.09. The molecule has 0 unspecified atom stereocenters. The van der Waals surface area contributed by atoms with Crippen molar-refractivity contribution in [2.45, 2.75) is 13.3 Å². The number of amides is 1. The Bertz CT molecular complexity index is 350. The van der Waals surface area contributed by atoms with Crippen LogP contribution in [0.2, 0.25) is 0 Å². The van der Waals surface area contributed by atoms with Gasteiger partial charge in [0.05, 0.1) is 18.7 Å². The Hall–Kier alpha value is -1.71. The summed E-state index contributed by atoms with van der Waals surface area (Å²) in [4.78, 5) is 10.9. The molecule has 0 aliphatic carbocycles. The number of carbonyl (C=O) groups is 1. The molecule has 0 atom stereocenters. The molecule has 0 fully saturated rings. The van der Waals surface area contributed by atoms with E-state index in [0.29, 0.717) is 24.5 Å². The van der Waals surface area contributed by atoms with Crippen LogP contribution in [-0.4, -0.2) is 19.6 Å². The maximum Gasteiger partial charge on any atom is 0.223 e. The van der Waals surface area contributed by atoms with Gasteiger partial charge in [-0.3, -0.25) is 4.79 Å². The summed E-state index contributed by atoms with van der Waals surface area (Å²) in [5.41, 5.74) is 7.42. The van der Waals surface area contributed by atoms with Gasteiger partial charge in [0.1, 0.15) is 5.75 Å². The first-order valence-electron chi connectivity index (χ1n) is 4.83. The second kappa shape index (κ2) is 5.24. The van der Waals surface area contributed by atoms with Crippen molar-refractivity contribution >= 4 is 11.6 Å². The highest BCUT2D eigenvalue weighted by atomic mass is 16.5. The normalized spacial score (nSPS) is 9.73. The van der Waals surface area contributed by atoms with E-state index in [1.54, 1.807) is 13.1 Å². The van der Waals surface area contributed by atoms with E-state index in [-0.39, 0.29) is 5.91 Å². The molecule has 1 rings (SSSR count). The molecule has 4 heteroatoms. The number of nitrogen functional groups attached to an aromatic ring is 1. The molecule has 3 N–H and O–H groups in total. The van der Waals surface area contributed by atoms with Crippen LogP contribution in [0.4, 0.5) is 5.69 Å². The molecule has 0 saturated carbocycles. The summed E-state index contributed by atoms with van der Waals surface area (Å²) in [6.07, 6.45) is 0.337. The van der Waals surface area contributed by atoms with Crippen molar-refractivity contribution < 1.29 is 9.53 Å². The van der Waals surface area contributed by atoms with Gasteiger partial charge in [0.15, 0.2) is 0 Å². The molecule has 0 aliphatic rings. The molecular formula is C11H16N2O2. The van der Waals surface area contributed by atoms with Gasteiger partial charge in [0, 0.05) is 7.05 Å². The Morgan fingerprint density at radius 2 is 2.27 bits per heavy atom. The highest BCUT2D eigenvalue weighted by Crippen LogP contribution is 2.24. The molecule has 0 saturated heterocycles. The molecule has 0 spiro atoms. The van der Waals surface area contributed by atoms with Crippen molar-refractivity contribution in [3.63, 3.8) is 0 Å². The number of anilines is 1. The van der Waals surface area contributed by atoms with Crippen molar-refractivity contribution in [2.75, 3.05) is 19.4 Å². The van der Waals surface area contributed by atoms with Gasteiger partial charge in [-0.25, -0.2) is 0 Å². The van der Waals surface area contributed by atoms with E-state index < -0.39 is 0 Å². The van der Waals surface area contributed by atoms with Gasteiger partial charge in [-0.1, -0.05) is 12.1 Å². The number of benzene rings is 1. The summed E-state index contributed by atoms with van der Waals surface area (Å²) in [6, 6.07) is 5.59. The average Bonchev–Trinajstić information content (AvgIpc) is 2.24. The van der Waals surface area contributed by atoms with Crippen LogP contribution in [0, 0.1) is 6.92 Å². The summed E-state index contributed by atoms with van der Waals surface area (Å²) >= 11 is 0. The monoisotopic (exact) mass is 208 g/mol. The van der Waals surface area contributed by atoms with E-state index in [1.807, 2.05) is 19.1 Å². The maximum atomic E-state index is 10.9. The molecule has 82 valence electrons. The SMILES string of the molecule is CNC(=O)CCOc1cccc(C)c1N. The van der Waals surface area contributed by atoms with E-state index in [2.05, 4.69) is 5.32 Å². The van der Waals surface area contributed by atoms with Gasteiger partial charge in [-0.05, 0) is 18.6 Å². The number of rotatable bonds is 4. The highest BCUT2D eigenvalue weighted by Gasteiger charge is 2.03. The lowest BCUT2D eigenvalue weighted by Crippen LogP contribution is -2.20. The fourth-order valence-electron chi connectivity index (χ4n) is 1.16. The predicted octanol–water partition coefficient (Wildman–Crippen LogP) is 1.09. The van der Waals surface area contributed by atoms with Gasteiger partial charge in [0.25, 0.3) is 0 Å². The third-order valence-corrected chi connectivity index (χ3v) is 2.15. The van der Waals surface area contributed by atoms with E-state index in [4.69, 9.17) is 10.5 Å². The van der Waals surface area contributed by atoms with Crippen molar-refractivity contribution in [3.8, 4) is 5.75 Å². The average molecular weight is 208 g/mol. The highest BCUT2D eigenvalue weighted by molar-refractivity contribution is 5.75. The standard InChI is InChI=1S/C11H16N2O2/c1-8-4-3-5-9(11(8)12)15-7-6-10(14)13-2/h3-5H,6-7,12H2,1-2H3,(H,13,14). The molecule has 1 amide bonds. The van der Waals surface area contributed by atoms with Crippen LogP contribution in [0.3, 0.4) is 0 Å². The number of carbonyl (C=O) groups excluding carboxylic acids is 1. The van der Waals surface area contributed by atoms with Crippen molar-refractivity contribution in [3.05, 3.63) is 23.8 Å². The van der Waals surface area contributed by atoms with Gasteiger partial charge in [-0.15, -0.1) is 0 Å². The van der Waals surface area contributed by atoms with Crippen LogP contribution >= 0.6 is 0 Å². The Kier molecular flexibility index (Phi) is 3.97. The van der Waals surface area contributed by atoms with Crippen molar-refractivity contribution in [2.24, 2.45) is 0 Å². The van der Waals surface area contributed by atoms with Gasteiger partial charge >= 0.3 is 0 Å². The molecule has 0 radical (unpaired) electrons. The first kappa shape index (κ1) is 11.4. The second-order valence-corrected chi connectivity index (χ2v) is 3.26. The topological polar surface area (TPSA) is 64.3 Å². The third-order valence-electron chi connectivity index (χ3n) is 2.15.